The van der Waals surface area contributed by atoms with Gasteiger partial charge in [-0.25, -0.2) is 9.97 Å². The molecule has 1 amide bonds. The first-order chi connectivity index (χ1) is 14.8. The number of nitro groups is 1. The fourth-order valence-electron chi connectivity index (χ4n) is 3.15. The number of nitro benzene ring substituents is 1. The quantitative estimate of drug-likeness (QED) is 0.383. The number of pyridine rings is 1. The van der Waals surface area contributed by atoms with Crippen LogP contribution in [0.15, 0.2) is 65.6 Å². The summed E-state index contributed by atoms with van der Waals surface area (Å²) in [6.45, 7) is 1.68. The molecule has 4 rings (SSSR count). The third-order valence-electron chi connectivity index (χ3n) is 4.58. The molecule has 0 saturated heterocycles. The number of benzene rings is 2. The summed E-state index contributed by atoms with van der Waals surface area (Å²) >= 11 is 6.04. The lowest BCUT2D eigenvalue weighted by atomic mass is 10.1. The number of carbonyl (C=O) groups is 1. The van der Waals surface area contributed by atoms with E-state index in [0.717, 1.165) is 6.07 Å². The van der Waals surface area contributed by atoms with Crippen LogP contribution in [0.3, 0.4) is 0 Å². The molecular formula is C21H14ClN5O4. The molecule has 0 saturated carbocycles. The van der Waals surface area contributed by atoms with Crippen LogP contribution in [-0.4, -0.2) is 25.4 Å². The van der Waals surface area contributed by atoms with Gasteiger partial charge in [-0.3, -0.25) is 24.3 Å². The third kappa shape index (κ3) is 3.86. The maximum atomic E-state index is 13.0. The molecule has 4 aromatic rings. The summed E-state index contributed by atoms with van der Waals surface area (Å²) in [6.07, 6.45) is 1.56. The van der Waals surface area contributed by atoms with E-state index in [1.165, 1.54) is 16.7 Å². The zero-order chi connectivity index (χ0) is 22.1. The lowest BCUT2D eigenvalue weighted by Crippen LogP contribution is -2.23. The van der Waals surface area contributed by atoms with Crippen LogP contribution in [0.5, 0.6) is 0 Å². The molecule has 0 aliphatic carbocycles. The van der Waals surface area contributed by atoms with E-state index in [4.69, 9.17) is 11.6 Å². The molecule has 154 valence electrons. The van der Waals surface area contributed by atoms with Gasteiger partial charge in [-0.05, 0) is 43.3 Å². The number of fused-ring (bicyclic) bond motifs is 1. The Morgan fingerprint density at radius 1 is 1.16 bits per heavy atom. The van der Waals surface area contributed by atoms with Crippen LogP contribution in [0, 0.1) is 17.0 Å². The summed E-state index contributed by atoms with van der Waals surface area (Å²) in [5.41, 5.74) is 0.646. The van der Waals surface area contributed by atoms with Crippen molar-refractivity contribution >= 4 is 39.9 Å². The van der Waals surface area contributed by atoms with Gasteiger partial charge in [0, 0.05) is 24.0 Å². The summed E-state index contributed by atoms with van der Waals surface area (Å²) in [7, 11) is 0. The number of amides is 1. The van der Waals surface area contributed by atoms with Crippen molar-refractivity contribution in [2.24, 2.45) is 0 Å². The smallest absolute Gasteiger partial charge is 0.270 e. The standard InChI is InChI=1S/C21H14ClN5O4/c1-12-24-19-16(6-3-9-23-19)21(29)26(12)14-5-2-4-13(10-14)25-20(28)17-11-15(27(30)31)7-8-18(17)22/h2-11H,1H3,(H,25,28). The van der Waals surface area contributed by atoms with Crippen LogP contribution in [0.1, 0.15) is 16.2 Å². The highest BCUT2D eigenvalue weighted by molar-refractivity contribution is 6.34. The Bertz CT molecular complexity index is 1420. The molecule has 0 spiro atoms. The van der Waals surface area contributed by atoms with Gasteiger partial charge in [0.15, 0.2) is 5.65 Å². The van der Waals surface area contributed by atoms with Crippen molar-refractivity contribution in [2.45, 2.75) is 6.92 Å². The summed E-state index contributed by atoms with van der Waals surface area (Å²) in [4.78, 5) is 44.5. The Morgan fingerprint density at radius 2 is 1.97 bits per heavy atom. The summed E-state index contributed by atoms with van der Waals surface area (Å²) < 4.78 is 1.42. The number of halogens is 1. The molecule has 2 heterocycles. The lowest BCUT2D eigenvalue weighted by molar-refractivity contribution is -0.384. The minimum Gasteiger partial charge on any atom is -0.322 e. The Labute approximate surface area is 180 Å². The number of anilines is 1. The van der Waals surface area contributed by atoms with Crippen LogP contribution in [0.4, 0.5) is 11.4 Å². The van der Waals surface area contributed by atoms with Gasteiger partial charge in [0.1, 0.15) is 5.82 Å². The summed E-state index contributed by atoms with van der Waals surface area (Å²) in [5.74, 6) is -0.183. The average Bonchev–Trinajstić information content (AvgIpc) is 2.74. The molecule has 0 fully saturated rings. The normalized spacial score (nSPS) is 10.8. The molecule has 31 heavy (non-hydrogen) atoms. The van der Waals surface area contributed by atoms with Gasteiger partial charge in [0.05, 0.1) is 26.6 Å². The number of rotatable bonds is 4. The molecule has 0 atom stereocenters. The van der Waals surface area contributed by atoms with Crippen molar-refractivity contribution in [2.75, 3.05) is 5.32 Å². The van der Waals surface area contributed by atoms with Crippen LogP contribution in [-0.2, 0) is 0 Å². The number of carbonyl (C=O) groups excluding carboxylic acids is 1. The summed E-state index contributed by atoms with van der Waals surface area (Å²) in [6, 6.07) is 13.5. The number of aromatic nitrogens is 3. The van der Waals surface area contributed by atoms with Gasteiger partial charge < -0.3 is 5.32 Å². The Morgan fingerprint density at radius 3 is 2.74 bits per heavy atom. The first kappa shape index (κ1) is 20.2. The number of non-ortho nitro benzene ring substituents is 1. The van der Waals surface area contributed by atoms with Crippen LogP contribution < -0.4 is 10.9 Å². The third-order valence-corrected chi connectivity index (χ3v) is 4.91. The van der Waals surface area contributed by atoms with E-state index in [1.54, 1.807) is 49.5 Å². The van der Waals surface area contributed by atoms with Gasteiger partial charge in [-0.2, -0.15) is 0 Å². The van der Waals surface area contributed by atoms with Gasteiger partial charge >= 0.3 is 0 Å². The molecule has 0 unspecified atom stereocenters. The van der Waals surface area contributed by atoms with E-state index < -0.39 is 10.8 Å². The molecule has 0 aliphatic heterocycles. The Kier molecular flexibility index (Phi) is 5.18. The molecule has 9 nitrogen and oxygen atoms in total. The van der Waals surface area contributed by atoms with E-state index >= 15 is 0 Å². The number of hydrogen-bond acceptors (Lipinski definition) is 6. The SMILES string of the molecule is Cc1nc2ncccc2c(=O)n1-c1cccc(NC(=O)c2cc([N+](=O)[O-])ccc2Cl)c1. The predicted molar refractivity (Wildman–Crippen MR) is 116 cm³/mol. The number of aryl methyl sites for hydroxylation is 1. The van der Waals surface area contributed by atoms with Crippen molar-refractivity contribution in [1.29, 1.82) is 0 Å². The van der Waals surface area contributed by atoms with Gasteiger partial charge in [-0.1, -0.05) is 17.7 Å². The largest absolute Gasteiger partial charge is 0.322 e. The van der Waals surface area contributed by atoms with Crippen molar-refractivity contribution in [3.63, 3.8) is 0 Å². The molecule has 2 aromatic carbocycles. The highest BCUT2D eigenvalue weighted by atomic mass is 35.5. The first-order valence-corrected chi connectivity index (χ1v) is 9.43. The van der Waals surface area contributed by atoms with E-state index in [9.17, 15) is 19.7 Å². The van der Waals surface area contributed by atoms with E-state index in [-0.39, 0.29) is 21.8 Å². The summed E-state index contributed by atoms with van der Waals surface area (Å²) in [5, 5.41) is 14.1. The molecule has 2 aromatic heterocycles. The number of nitrogens with one attached hydrogen (secondary N) is 1. The topological polar surface area (TPSA) is 120 Å². The fraction of sp³-hybridized carbons (Fsp3) is 0.0476. The predicted octanol–water partition coefficient (Wildman–Crippen LogP) is 3.90. The van der Waals surface area contributed by atoms with E-state index in [2.05, 4.69) is 15.3 Å². The van der Waals surface area contributed by atoms with Crippen molar-refractivity contribution in [3.05, 3.63) is 97.7 Å². The highest BCUT2D eigenvalue weighted by Gasteiger charge is 2.17. The lowest BCUT2D eigenvalue weighted by Gasteiger charge is -2.12. The number of nitrogens with zero attached hydrogens (tertiary/aromatic N) is 4. The van der Waals surface area contributed by atoms with Crippen LogP contribution in [0.2, 0.25) is 5.02 Å². The molecule has 10 heteroatoms. The van der Waals surface area contributed by atoms with E-state index in [0.29, 0.717) is 28.2 Å². The van der Waals surface area contributed by atoms with Crippen LogP contribution in [0.25, 0.3) is 16.7 Å². The fourth-order valence-corrected chi connectivity index (χ4v) is 3.35. The van der Waals surface area contributed by atoms with Crippen molar-refractivity contribution in [3.8, 4) is 5.69 Å². The maximum Gasteiger partial charge on any atom is 0.270 e. The van der Waals surface area contributed by atoms with Gasteiger partial charge in [-0.15, -0.1) is 0 Å². The molecule has 1 N–H and O–H groups in total. The molecule has 0 bridgehead atoms. The number of hydrogen-bond donors (Lipinski definition) is 1. The first-order valence-electron chi connectivity index (χ1n) is 9.05. The molecular weight excluding hydrogens is 422 g/mol. The van der Waals surface area contributed by atoms with Crippen LogP contribution >= 0.6 is 11.6 Å². The molecule has 0 aliphatic rings. The average molecular weight is 436 g/mol. The second-order valence-corrected chi connectivity index (χ2v) is 7.01. The zero-order valence-electron chi connectivity index (χ0n) is 16.1. The van der Waals surface area contributed by atoms with Gasteiger partial charge in [0.2, 0.25) is 0 Å². The maximum absolute atomic E-state index is 13.0. The minimum atomic E-state index is -0.615. The van der Waals surface area contributed by atoms with Gasteiger partial charge in [0.25, 0.3) is 17.2 Å². The zero-order valence-corrected chi connectivity index (χ0v) is 16.8. The van der Waals surface area contributed by atoms with Crippen molar-refractivity contribution < 1.29 is 9.72 Å². The van der Waals surface area contributed by atoms with E-state index in [1.807, 2.05) is 0 Å². The Hall–Kier alpha value is -4.11. The Balaban J connectivity index is 1.71. The minimum absolute atomic E-state index is 0.0342. The monoisotopic (exact) mass is 435 g/mol. The van der Waals surface area contributed by atoms with Crippen molar-refractivity contribution in [1.82, 2.24) is 14.5 Å². The second-order valence-electron chi connectivity index (χ2n) is 6.60. The second kappa shape index (κ2) is 7.96. The molecule has 0 radical (unpaired) electrons. The highest BCUT2D eigenvalue weighted by Crippen LogP contribution is 2.24.